The van der Waals surface area contributed by atoms with Crippen molar-refractivity contribution in [3.8, 4) is 5.75 Å². The van der Waals surface area contributed by atoms with E-state index >= 15 is 0 Å². The molecule has 9 heteroatoms. The van der Waals surface area contributed by atoms with Crippen molar-refractivity contribution in [1.82, 2.24) is 25.2 Å². The SMILES string of the molecule is CCOc1ccccc1NC(=O)C1=C(C)Nc2nnnn2[C@H]1c1cccnc1. The first-order valence-corrected chi connectivity index (χ1v) is 8.87. The van der Waals surface area contributed by atoms with Gasteiger partial charge >= 0.3 is 0 Å². The van der Waals surface area contributed by atoms with Crippen LogP contribution in [0.3, 0.4) is 0 Å². The summed E-state index contributed by atoms with van der Waals surface area (Å²) in [6.45, 7) is 4.22. The van der Waals surface area contributed by atoms with E-state index in [1.807, 2.05) is 44.2 Å². The second-order valence-electron chi connectivity index (χ2n) is 6.18. The Morgan fingerprint density at radius 1 is 1.29 bits per heavy atom. The number of fused-ring (bicyclic) bond motifs is 1. The minimum absolute atomic E-state index is 0.271. The van der Waals surface area contributed by atoms with Crippen molar-refractivity contribution >= 4 is 17.5 Å². The fraction of sp³-hybridized carbons (Fsp3) is 0.211. The molecule has 4 rings (SSSR count). The zero-order chi connectivity index (χ0) is 19.5. The van der Waals surface area contributed by atoms with E-state index in [-0.39, 0.29) is 5.91 Å². The Hall–Kier alpha value is -3.75. The predicted octanol–water partition coefficient (Wildman–Crippen LogP) is 2.39. The van der Waals surface area contributed by atoms with Crippen LogP contribution in [-0.2, 0) is 4.79 Å². The van der Waals surface area contributed by atoms with Crippen LogP contribution in [0.5, 0.6) is 5.75 Å². The molecule has 9 nitrogen and oxygen atoms in total. The van der Waals surface area contributed by atoms with Crippen molar-refractivity contribution in [2.75, 3.05) is 17.2 Å². The van der Waals surface area contributed by atoms with E-state index in [9.17, 15) is 4.79 Å². The number of nitrogens with zero attached hydrogens (tertiary/aromatic N) is 5. The Bertz CT molecular complexity index is 1030. The van der Waals surface area contributed by atoms with Crippen LogP contribution in [0.2, 0.25) is 0 Å². The van der Waals surface area contributed by atoms with Crippen LogP contribution < -0.4 is 15.4 Å². The summed E-state index contributed by atoms with van der Waals surface area (Å²) in [5, 5.41) is 17.8. The first-order valence-electron chi connectivity index (χ1n) is 8.87. The van der Waals surface area contributed by atoms with Crippen molar-refractivity contribution < 1.29 is 9.53 Å². The highest BCUT2D eigenvalue weighted by atomic mass is 16.5. The molecule has 0 aliphatic carbocycles. The molecule has 1 aliphatic rings. The van der Waals surface area contributed by atoms with Gasteiger partial charge in [-0.2, -0.15) is 4.68 Å². The fourth-order valence-electron chi connectivity index (χ4n) is 3.19. The lowest BCUT2D eigenvalue weighted by molar-refractivity contribution is -0.113. The van der Waals surface area contributed by atoms with Gasteiger partial charge in [-0.05, 0) is 48.0 Å². The number of anilines is 2. The lowest BCUT2D eigenvalue weighted by Crippen LogP contribution is -2.31. The number of carbonyl (C=O) groups excluding carboxylic acids is 1. The normalized spacial score (nSPS) is 15.6. The van der Waals surface area contributed by atoms with E-state index in [0.29, 0.717) is 35.3 Å². The van der Waals surface area contributed by atoms with E-state index in [4.69, 9.17) is 4.74 Å². The summed E-state index contributed by atoms with van der Waals surface area (Å²) in [7, 11) is 0. The third-order valence-electron chi connectivity index (χ3n) is 4.39. The van der Waals surface area contributed by atoms with E-state index in [1.54, 1.807) is 23.1 Å². The van der Waals surface area contributed by atoms with Gasteiger partial charge in [0.2, 0.25) is 5.95 Å². The molecule has 1 aliphatic heterocycles. The average molecular weight is 377 g/mol. The Kier molecular flexibility index (Phi) is 4.71. The fourth-order valence-corrected chi connectivity index (χ4v) is 3.19. The van der Waals surface area contributed by atoms with E-state index in [0.717, 1.165) is 5.56 Å². The molecule has 0 saturated carbocycles. The van der Waals surface area contributed by atoms with Gasteiger partial charge in [-0.15, -0.1) is 0 Å². The van der Waals surface area contributed by atoms with Crippen LogP contribution in [0.25, 0.3) is 0 Å². The van der Waals surface area contributed by atoms with Crippen LogP contribution in [0.1, 0.15) is 25.5 Å². The number of tetrazole rings is 1. The summed E-state index contributed by atoms with van der Waals surface area (Å²) in [6, 6.07) is 10.5. The van der Waals surface area contributed by atoms with Gasteiger partial charge in [0, 0.05) is 18.1 Å². The maximum absolute atomic E-state index is 13.3. The summed E-state index contributed by atoms with van der Waals surface area (Å²) in [5.41, 5.74) is 2.57. The zero-order valence-corrected chi connectivity index (χ0v) is 15.5. The summed E-state index contributed by atoms with van der Waals surface area (Å²) >= 11 is 0. The second-order valence-corrected chi connectivity index (χ2v) is 6.18. The lowest BCUT2D eigenvalue weighted by atomic mass is 9.96. The van der Waals surface area contributed by atoms with Gasteiger partial charge in [0.15, 0.2) is 0 Å². The minimum Gasteiger partial charge on any atom is -0.492 e. The van der Waals surface area contributed by atoms with Crippen LogP contribution in [-0.4, -0.2) is 37.7 Å². The number of hydrogen-bond acceptors (Lipinski definition) is 7. The summed E-state index contributed by atoms with van der Waals surface area (Å²) in [5.74, 6) is 0.811. The monoisotopic (exact) mass is 377 g/mol. The van der Waals surface area contributed by atoms with Gasteiger partial charge in [0.25, 0.3) is 5.91 Å². The number of benzene rings is 1. The highest BCUT2D eigenvalue weighted by Gasteiger charge is 2.34. The smallest absolute Gasteiger partial charge is 0.255 e. The highest BCUT2D eigenvalue weighted by molar-refractivity contribution is 6.06. The second kappa shape index (κ2) is 7.47. The number of allylic oxidation sites excluding steroid dienone is 1. The quantitative estimate of drug-likeness (QED) is 0.703. The lowest BCUT2D eigenvalue weighted by Gasteiger charge is -2.27. The van der Waals surface area contributed by atoms with Crippen molar-refractivity contribution in [2.45, 2.75) is 19.9 Å². The molecule has 0 radical (unpaired) electrons. The third kappa shape index (κ3) is 3.18. The molecule has 1 atom stereocenters. The molecule has 2 N–H and O–H groups in total. The number of nitrogens with one attached hydrogen (secondary N) is 2. The van der Waals surface area contributed by atoms with Gasteiger partial charge in [-0.25, -0.2) is 0 Å². The number of hydrogen-bond donors (Lipinski definition) is 2. The van der Waals surface area contributed by atoms with E-state index < -0.39 is 6.04 Å². The first kappa shape index (κ1) is 17.7. The van der Waals surface area contributed by atoms with Crippen molar-refractivity contribution in [3.63, 3.8) is 0 Å². The molecule has 0 unspecified atom stereocenters. The number of carbonyl (C=O) groups is 1. The highest BCUT2D eigenvalue weighted by Crippen LogP contribution is 2.35. The van der Waals surface area contributed by atoms with E-state index in [2.05, 4.69) is 31.1 Å². The molecule has 0 saturated heterocycles. The van der Waals surface area contributed by atoms with E-state index in [1.165, 1.54) is 0 Å². The van der Waals surface area contributed by atoms with Crippen LogP contribution in [0.4, 0.5) is 11.6 Å². The van der Waals surface area contributed by atoms with Crippen LogP contribution in [0.15, 0.2) is 60.1 Å². The number of amides is 1. The van der Waals surface area contributed by atoms with Crippen molar-refractivity contribution in [1.29, 1.82) is 0 Å². The number of pyridine rings is 1. The number of ether oxygens (including phenoxy) is 1. The molecule has 142 valence electrons. The summed E-state index contributed by atoms with van der Waals surface area (Å²) in [6.07, 6.45) is 3.38. The number of para-hydroxylation sites is 2. The van der Waals surface area contributed by atoms with Crippen LogP contribution >= 0.6 is 0 Å². The van der Waals surface area contributed by atoms with Gasteiger partial charge in [0.1, 0.15) is 11.8 Å². The Morgan fingerprint density at radius 3 is 2.93 bits per heavy atom. The molecule has 2 aromatic heterocycles. The first-order chi connectivity index (χ1) is 13.7. The topological polar surface area (TPSA) is 107 Å². The minimum atomic E-state index is -0.501. The Balaban J connectivity index is 1.73. The van der Waals surface area contributed by atoms with Gasteiger partial charge in [-0.1, -0.05) is 23.3 Å². The molecule has 3 aromatic rings. The maximum atomic E-state index is 13.3. The van der Waals surface area contributed by atoms with Crippen molar-refractivity contribution in [2.24, 2.45) is 0 Å². The molecular formula is C19H19N7O2. The predicted molar refractivity (Wildman–Crippen MR) is 103 cm³/mol. The summed E-state index contributed by atoms with van der Waals surface area (Å²) in [4.78, 5) is 17.5. The average Bonchev–Trinajstić information content (AvgIpc) is 3.17. The molecule has 28 heavy (non-hydrogen) atoms. The molecule has 1 amide bonds. The number of rotatable bonds is 5. The molecule has 0 bridgehead atoms. The third-order valence-corrected chi connectivity index (χ3v) is 4.39. The number of aromatic nitrogens is 5. The molecular weight excluding hydrogens is 358 g/mol. The van der Waals surface area contributed by atoms with Gasteiger partial charge in [-0.3, -0.25) is 9.78 Å². The molecule has 0 spiro atoms. The standard InChI is InChI=1S/C19H19N7O2/c1-3-28-15-9-5-4-8-14(15)22-18(27)16-12(2)21-19-23-24-25-26(19)17(16)13-7-6-10-20-11-13/h4-11,17H,3H2,1-2H3,(H,22,27)(H,21,23,25)/t17-/m0/s1. The van der Waals surface area contributed by atoms with Crippen molar-refractivity contribution in [3.05, 3.63) is 65.6 Å². The van der Waals surface area contributed by atoms with Gasteiger partial charge in [0.05, 0.1) is 17.9 Å². The molecule has 1 aromatic carbocycles. The van der Waals surface area contributed by atoms with Gasteiger partial charge < -0.3 is 15.4 Å². The summed E-state index contributed by atoms with van der Waals surface area (Å²) < 4.78 is 7.19. The Labute approximate surface area is 161 Å². The van der Waals surface area contributed by atoms with Crippen LogP contribution in [0, 0.1) is 0 Å². The maximum Gasteiger partial charge on any atom is 0.255 e. The Morgan fingerprint density at radius 2 is 2.14 bits per heavy atom. The zero-order valence-electron chi connectivity index (χ0n) is 15.5. The largest absolute Gasteiger partial charge is 0.492 e. The molecule has 3 heterocycles. The molecule has 0 fully saturated rings.